The number of carbonyl (C=O) groups is 1. The van der Waals surface area contributed by atoms with Gasteiger partial charge in [0.25, 0.3) is 5.91 Å². The monoisotopic (exact) mass is 371 g/mol. The van der Waals surface area contributed by atoms with E-state index in [1.807, 2.05) is 18.2 Å². The Hall–Kier alpha value is -3.72. The number of rotatable bonds is 4. The van der Waals surface area contributed by atoms with Gasteiger partial charge in [0.05, 0.1) is 11.3 Å². The Morgan fingerprint density at radius 3 is 2.39 bits per heavy atom. The summed E-state index contributed by atoms with van der Waals surface area (Å²) in [7, 11) is 0. The highest BCUT2D eigenvalue weighted by Crippen LogP contribution is 2.30. The van der Waals surface area contributed by atoms with E-state index < -0.39 is 5.91 Å². The quantitative estimate of drug-likeness (QED) is 0.697. The van der Waals surface area contributed by atoms with Crippen LogP contribution in [0.4, 0.5) is 17.3 Å². The summed E-state index contributed by atoms with van der Waals surface area (Å²) >= 11 is 0. The van der Waals surface area contributed by atoms with E-state index in [9.17, 15) is 4.79 Å². The minimum absolute atomic E-state index is 0.0560. The normalized spacial score (nSPS) is 10.8. The number of benzene rings is 2. The van der Waals surface area contributed by atoms with Crippen molar-refractivity contribution < 1.29 is 4.79 Å². The van der Waals surface area contributed by atoms with E-state index in [0.29, 0.717) is 17.2 Å². The summed E-state index contributed by atoms with van der Waals surface area (Å²) in [6.45, 7) is 6.39. The van der Waals surface area contributed by atoms with Gasteiger partial charge in [-0.15, -0.1) is 0 Å². The van der Waals surface area contributed by atoms with Crippen LogP contribution in [0.2, 0.25) is 0 Å². The zero-order valence-electron chi connectivity index (χ0n) is 16.0. The second kappa shape index (κ2) is 7.89. The lowest BCUT2D eigenvalue weighted by molar-refractivity contribution is 0.102. The summed E-state index contributed by atoms with van der Waals surface area (Å²) in [6.07, 6.45) is 1.53. The third-order valence-electron chi connectivity index (χ3n) is 4.17. The molecule has 28 heavy (non-hydrogen) atoms. The van der Waals surface area contributed by atoms with Crippen LogP contribution in [-0.4, -0.2) is 15.9 Å². The van der Waals surface area contributed by atoms with Gasteiger partial charge in [0, 0.05) is 11.9 Å². The summed E-state index contributed by atoms with van der Waals surface area (Å²) in [5, 5.41) is 15.1. The Bertz CT molecular complexity index is 1050. The van der Waals surface area contributed by atoms with E-state index in [-0.39, 0.29) is 11.1 Å². The highest BCUT2D eigenvalue weighted by Gasteiger charge is 2.18. The van der Waals surface area contributed by atoms with Gasteiger partial charge in [-0.25, -0.2) is 9.97 Å². The number of carbonyl (C=O) groups excluding carboxylic acids is 1. The predicted molar refractivity (Wildman–Crippen MR) is 110 cm³/mol. The number of nitrogens with one attached hydrogen (secondary N) is 2. The third kappa shape index (κ3) is 4.33. The maximum Gasteiger partial charge on any atom is 0.274 e. The maximum atomic E-state index is 12.6. The van der Waals surface area contributed by atoms with Crippen molar-refractivity contribution >= 4 is 23.2 Å². The van der Waals surface area contributed by atoms with Crippen LogP contribution in [0, 0.1) is 11.3 Å². The number of amides is 1. The van der Waals surface area contributed by atoms with E-state index in [4.69, 9.17) is 5.26 Å². The van der Waals surface area contributed by atoms with Crippen molar-refractivity contribution in [3.63, 3.8) is 0 Å². The van der Waals surface area contributed by atoms with Gasteiger partial charge in [0.1, 0.15) is 11.8 Å². The molecule has 3 aromatic rings. The van der Waals surface area contributed by atoms with E-state index in [1.54, 1.807) is 24.3 Å². The second-order valence-corrected chi connectivity index (χ2v) is 7.30. The molecule has 6 nitrogen and oxygen atoms in total. The minimum Gasteiger partial charge on any atom is -0.324 e. The van der Waals surface area contributed by atoms with Crippen LogP contribution in [0.1, 0.15) is 42.4 Å². The summed E-state index contributed by atoms with van der Waals surface area (Å²) in [5.41, 5.74) is 3.00. The van der Waals surface area contributed by atoms with Gasteiger partial charge >= 0.3 is 0 Å². The van der Waals surface area contributed by atoms with Crippen LogP contribution in [0.3, 0.4) is 0 Å². The predicted octanol–water partition coefficient (Wildman–Crippen LogP) is 4.64. The number of nitriles is 1. The van der Waals surface area contributed by atoms with Crippen molar-refractivity contribution in [1.29, 1.82) is 5.26 Å². The van der Waals surface area contributed by atoms with Crippen LogP contribution in [-0.2, 0) is 5.41 Å². The zero-order valence-corrected chi connectivity index (χ0v) is 16.0. The average Bonchev–Trinajstić information content (AvgIpc) is 2.68. The topological polar surface area (TPSA) is 90.7 Å². The lowest BCUT2D eigenvalue weighted by Crippen LogP contribution is -2.16. The standard InChI is InChI=1S/C22H21N5O/c1-22(2,3)16-9-5-7-11-18(16)26-21-24-13-12-19(27-21)20(28)25-17-10-6-4-8-15(17)14-23/h4-13H,1-3H3,(H,25,28)(H,24,26,27). The number of anilines is 3. The Morgan fingerprint density at radius 1 is 1.00 bits per heavy atom. The van der Waals surface area contributed by atoms with Gasteiger partial charge in [0.15, 0.2) is 0 Å². The molecule has 0 saturated carbocycles. The van der Waals surface area contributed by atoms with Gasteiger partial charge in [-0.05, 0) is 35.2 Å². The molecule has 6 heteroatoms. The molecular weight excluding hydrogens is 350 g/mol. The SMILES string of the molecule is CC(C)(C)c1ccccc1Nc1nccc(C(=O)Nc2ccccc2C#N)n1. The van der Waals surface area contributed by atoms with E-state index in [1.165, 1.54) is 12.3 Å². The first-order valence-electron chi connectivity index (χ1n) is 8.88. The second-order valence-electron chi connectivity index (χ2n) is 7.30. The first-order chi connectivity index (χ1) is 13.4. The molecule has 0 spiro atoms. The van der Waals surface area contributed by atoms with E-state index in [2.05, 4.69) is 53.5 Å². The molecule has 3 rings (SSSR count). The molecular formula is C22H21N5O. The first kappa shape index (κ1) is 19.1. The number of hydrogen-bond donors (Lipinski definition) is 2. The average molecular weight is 371 g/mol. The number of hydrogen-bond acceptors (Lipinski definition) is 5. The molecule has 1 heterocycles. The molecule has 0 aliphatic heterocycles. The first-order valence-corrected chi connectivity index (χ1v) is 8.88. The molecule has 0 fully saturated rings. The Morgan fingerprint density at radius 2 is 1.68 bits per heavy atom. The molecule has 0 saturated heterocycles. The Kier molecular flexibility index (Phi) is 5.37. The fourth-order valence-corrected chi connectivity index (χ4v) is 2.79. The van der Waals surface area contributed by atoms with Gasteiger partial charge in [-0.3, -0.25) is 4.79 Å². The lowest BCUT2D eigenvalue weighted by atomic mass is 9.86. The zero-order chi connectivity index (χ0) is 20.1. The highest BCUT2D eigenvalue weighted by atomic mass is 16.1. The summed E-state index contributed by atoms with van der Waals surface area (Å²) in [4.78, 5) is 21.1. The molecule has 0 aliphatic carbocycles. The van der Waals surface area contributed by atoms with Gasteiger partial charge in [-0.1, -0.05) is 51.1 Å². The van der Waals surface area contributed by atoms with Crippen molar-refractivity contribution in [2.45, 2.75) is 26.2 Å². The molecule has 0 aliphatic rings. The molecule has 2 aromatic carbocycles. The Labute approximate surface area is 164 Å². The largest absolute Gasteiger partial charge is 0.324 e. The number of aromatic nitrogens is 2. The van der Waals surface area contributed by atoms with Crippen LogP contribution >= 0.6 is 0 Å². The van der Waals surface area contributed by atoms with E-state index >= 15 is 0 Å². The van der Waals surface area contributed by atoms with Crippen molar-refractivity contribution in [2.24, 2.45) is 0 Å². The van der Waals surface area contributed by atoms with Crippen molar-refractivity contribution in [3.8, 4) is 6.07 Å². The van der Waals surface area contributed by atoms with Crippen LogP contribution in [0.25, 0.3) is 0 Å². The summed E-state index contributed by atoms with van der Waals surface area (Å²) in [5.74, 6) is -0.0739. The number of nitrogens with zero attached hydrogens (tertiary/aromatic N) is 3. The summed E-state index contributed by atoms with van der Waals surface area (Å²) < 4.78 is 0. The molecule has 1 amide bonds. The fraction of sp³-hybridized carbons (Fsp3) is 0.182. The molecule has 0 bridgehead atoms. The summed E-state index contributed by atoms with van der Waals surface area (Å²) in [6, 6.07) is 18.4. The Balaban J connectivity index is 1.84. The minimum atomic E-state index is -0.405. The fourth-order valence-electron chi connectivity index (χ4n) is 2.79. The molecule has 2 N–H and O–H groups in total. The molecule has 0 unspecified atom stereocenters. The van der Waals surface area contributed by atoms with Crippen molar-refractivity contribution in [2.75, 3.05) is 10.6 Å². The molecule has 0 radical (unpaired) electrons. The van der Waals surface area contributed by atoms with Crippen molar-refractivity contribution in [3.05, 3.63) is 77.6 Å². The third-order valence-corrected chi connectivity index (χ3v) is 4.17. The molecule has 140 valence electrons. The smallest absolute Gasteiger partial charge is 0.274 e. The van der Waals surface area contributed by atoms with Crippen LogP contribution in [0.5, 0.6) is 0 Å². The highest BCUT2D eigenvalue weighted by molar-refractivity contribution is 6.03. The van der Waals surface area contributed by atoms with Crippen LogP contribution in [0.15, 0.2) is 60.8 Å². The van der Waals surface area contributed by atoms with Gasteiger partial charge in [0.2, 0.25) is 5.95 Å². The molecule has 0 atom stereocenters. The molecule has 1 aromatic heterocycles. The van der Waals surface area contributed by atoms with Crippen LogP contribution < -0.4 is 10.6 Å². The lowest BCUT2D eigenvalue weighted by Gasteiger charge is -2.23. The number of para-hydroxylation sites is 2. The van der Waals surface area contributed by atoms with Gasteiger partial charge < -0.3 is 10.6 Å². The maximum absolute atomic E-state index is 12.6. The van der Waals surface area contributed by atoms with Crippen molar-refractivity contribution in [1.82, 2.24) is 9.97 Å². The van der Waals surface area contributed by atoms with E-state index in [0.717, 1.165) is 11.3 Å². The van der Waals surface area contributed by atoms with Gasteiger partial charge in [-0.2, -0.15) is 5.26 Å².